The van der Waals surface area contributed by atoms with Crippen molar-refractivity contribution in [1.82, 2.24) is 10.6 Å². The largest absolute Gasteiger partial charge is 0.304 e. The van der Waals surface area contributed by atoms with E-state index in [0.717, 1.165) is 19.8 Å². The second-order valence-electron chi connectivity index (χ2n) is 1.37. The van der Waals surface area contributed by atoms with Crippen LogP contribution in [0.3, 0.4) is 0 Å². The molecule has 1 saturated heterocycles. The van der Waals surface area contributed by atoms with E-state index in [1.54, 1.807) is 0 Å². The van der Waals surface area contributed by atoms with Gasteiger partial charge in [-0.15, -0.1) is 0 Å². The summed E-state index contributed by atoms with van der Waals surface area (Å²) in [5.74, 6) is 0. The summed E-state index contributed by atoms with van der Waals surface area (Å²) in [6, 6.07) is 0. The van der Waals surface area contributed by atoms with Gasteiger partial charge in [0.2, 0.25) is 0 Å². The lowest BCUT2D eigenvalue weighted by Crippen LogP contribution is -2.37. The summed E-state index contributed by atoms with van der Waals surface area (Å²) >= 11 is 0. The molecule has 2 nitrogen and oxygen atoms in total. The van der Waals surface area contributed by atoms with Gasteiger partial charge in [0.05, 0.1) is 0 Å². The molecule has 0 spiro atoms. The first kappa shape index (κ1) is 4.09. The van der Waals surface area contributed by atoms with E-state index in [2.05, 4.69) is 17.1 Å². The van der Waals surface area contributed by atoms with Crippen LogP contribution in [0.2, 0.25) is 0 Å². The molecule has 1 rings (SSSR count). The summed E-state index contributed by atoms with van der Waals surface area (Å²) in [5, 5.41) is 6.24. The fourth-order valence-electron chi connectivity index (χ4n) is 0.509. The maximum Gasteiger partial charge on any atom is 0.0454 e. The van der Waals surface area contributed by atoms with Gasteiger partial charge in [0.1, 0.15) is 0 Å². The summed E-state index contributed by atoms with van der Waals surface area (Å²) in [7, 11) is 0. The highest BCUT2D eigenvalue weighted by Gasteiger charge is 1.92. The van der Waals surface area contributed by atoms with Crippen LogP contribution in [0.25, 0.3) is 0 Å². The third-order valence-electron chi connectivity index (χ3n) is 0.827. The van der Waals surface area contributed by atoms with E-state index in [1.807, 2.05) is 0 Å². The Bertz CT molecular complexity index is 21.0. The van der Waals surface area contributed by atoms with E-state index in [9.17, 15) is 0 Å². The second kappa shape index (κ2) is 2.16. The van der Waals surface area contributed by atoms with Gasteiger partial charge in [-0.25, -0.2) is 0 Å². The minimum atomic E-state index is 0.969. The van der Waals surface area contributed by atoms with Crippen LogP contribution in [0.1, 0.15) is 0 Å². The molecular formula is C4H9N2. The fraction of sp³-hybridized carbons (Fsp3) is 0.750. The molecule has 1 aliphatic rings. The third-order valence-corrected chi connectivity index (χ3v) is 0.827. The Labute approximate surface area is 37.9 Å². The first-order valence-electron chi connectivity index (χ1n) is 2.23. The molecule has 0 aromatic carbocycles. The first-order valence-corrected chi connectivity index (χ1v) is 2.23. The molecule has 1 fully saturated rings. The molecule has 0 unspecified atom stereocenters. The van der Waals surface area contributed by atoms with Gasteiger partial charge in [-0.05, 0) is 6.42 Å². The molecule has 1 aliphatic heterocycles. The third kappa shape index (κ3) is 0.954. The van der Waals surface area contributed by atoms with Gasteiger partial charge in [0.15, 0.2) is 0 Å². The van der Waals surface area contributed by atoms with Crippen molar-refractivity contribution in [2.75, 3.05) is 19.8 Å². The maximum atomic E-state index is 3.12. The van der Waals surface area contributed by atoms with Crippen LogP contribution in [0, 0.1) is 6.42 Å². The molecule has 35 valence electrons. The van der Waals surface area contributed by atoms with E-state index in [0.29, 0.717) is 0 Å². The zero-order valence-corrected chi connectivity index (χ0v) is 3.70. The number of nitrogens with one attached hydrogen (secondary N) is 2. The molecule has 0 saturated carbocycles. The minimum absolute atomic E-state index is 0.969. The molecule has 2 N–H and O–H groups in total. The fourth-order valence-corrected chi connectivity index (χ4v) is 0.509. The van der Waals surface area contributed by atoms with Gasteiger partial charge in [-0.3, -0.25) is 0 Å². The minimum Gasteiger partial charge on any atom is -0.304 e. The molecule has 0 bridgehead atoms. The lowest BCUT2D eigenvalue weighted by molar-refractivity contribution is 0.566. The zero-order chi connectivity index (χ0) is 4.24. The molecule has 0 amide bonds. The number of hydrogen-bond donors (Lipinski definition) is 2. The summed E-state index contributed by atoms with van der Waals surface area (Å²) in [5.41, 5.74) is 0. The normalized spacial score (nSPS) is 24.0. The van der Waals surface area contributed by atoms with Crippen LogP contribution in [-0.2, 0) is 0 Å². The van der Waals surface area contributed by atoms with Crippen LogP contribution in [-0.4, -0.2) is 19.8 Å². The van der Waals surface area contributed by atoms with Crippen molar-refractivity contribution in [3.63, 3.8) is 0 Å². The molecular weight excluding hydrogens is 76.1 g/mol. The molecule has 0 atom stereocenters. The van der Waals surface area contributed by atoms with E-state index < -0.39 is 0 Å². The monoisotopic (exact) mass is 85.1 g/mol. The molecule has 0 aliphatic carbocycles. The highest BCUT2D eigenvalue weighted by Crippen LogP contribution is 1.73. The first-order chi connectivity index (χ1) is 3.00. The Morgan fingerprint density at radius 3 is 2.00 bits per heavy atom. The van der Waals surface area contributed by atoms with Crippen molar-refractivity contribution in [3.8, 4) is 0 Å². The molecule has 2 heteroatoms. The van der Waals surface area contributed by atoms with Crippen LogP contribution in [0.15, 0.2) is 0 Å². The maximum absolute atomic E-state index is 3.12. The van der Waals surface area contributed by atoms with E-state index in [1.165, 1.54) is 0 Å². The summed E-state index contributed by atoms with van der Waals surface area (Å²) in [6.45, 7) is 3.09. The summed E-state index contributed by atoms with van der Waals surface area (Å²) in [6.07, 6.45) is 2.17. The van der Waals surface area contributed by atoms with Gasteiger partial charge in [0.25, 0.3) is 0 Å². The van der Waals surface area contributed by atoms with Gasteiger partial charge in [-0.2, -0.15) is 0 Å². The van der Waals surface area contributed by atoms with Gasteiger partial charge in [0, 0.05) is 19.8 Å². The van der Waals surface area contributed by atoms with Crippen molar-refractivity contribution in [2.45, 2.75) is 0 Å². The van der Waals surface area contributed by atoms with Crippen molar-refractivity contribution < 1.29 is 0 Å². The highest BCUT2D eigenvalue weighted by atomic mass is 15.1. The molecule has 0 aromatic rings. The average molecular weight is 85.1 g/mol. The van der Waals surface area contributed by atoms with Crippen LogP contribution in [0.4, 0.5) is 0 Å². The topological polar surface area (TPSA) is 24.1 Å². The quantitative estimate of drug-likeness (QED) is 0.408. The van der Waals surface area contributed by atoms with Crippen molar-refractivity contribution in [3.05, 3.63) is 6.42 Å². The number of hydrogen-bond acceptors (Lipinski definition) is 2. The predicted octanol–water partition coefficient (Wildman–Crippen LogP) is -0.659. The standard InChI is InChI=1S/C4H9N2/c1-2-5-4-6-3-1/h1,5-6H,2-4H2. The average Bonchev–Trinajstić information content (AvgIpc) is 1.72. The van der Waals surface area contributed by atoms with E-state index in [-0.39, 0.29) is 0 Å². The van der Waals surface area contributed by atoms with Crippen molar-refractivity contribution in [1.29, 1.82) is 0 Å². The Hall–Kier alpha value is -0.0800. The Morgan fingerprint density at radius 1 is 1.17 bits per heavy atom. The SMILES string of the molecule is [CH]1CNCNC1. The molecule has 6 heavy (non-hydrogen) atoms. The van der Waals surface area contributed by atoms with E-state index in [4.69, 9.17) is 0 Å². The van der Waals surface area contributed by atoms with Gasteiger partial charge < -0.3 is 10.6 Å². The Kier molecular flexibility index (Phi) is 1.47. The smallest absolute Gasteiger partial charge is 0.0454 e. The summed E-state index contributed by atoms with van der Waals surface area (Å²) in [4.78, 5) is 0. The number of rotatable bonds is 0. The van der Waals surface area contributed by atoms with Crippen LogP contribution >= 0.6 is 0 Å². The van der Waals surface area contributed by atoms with Gasteiger partial charge in [-0.1, -0.05) is 0 Å². The zero-order valence-electron chi connectivity index (χ0n) is 3.70. The van der Waals surface area contributed by atoms with Gasteiger partial charge >= 0.3 is 0 Å². The van der Waals surface area contributed by atoms with Crippen molar-refractivity contribution >= 4 is 0 Å². The molecule has 1 radical (unpaired) electrons. The Morgan fingerprint density at radius 2 is 1.83 bits per heavy atom. The summed E-state index contributed by atoms with van der Waals surface area (Å²) < 4.78 is 0. The van der Waals surface area contributed by atoms with E-state index >= 15 is 0 Å². The lowest BCUT2D eigenvalue weighted by Gasteiger charge is -2.10. The Balaban J connectivity index is 2.00. The van der Waals surface area contributed by atoms with Crippen LogP contribution in [0.5, 0.6) is 0 Å². The van der Waals surface area contributed by atoms with Crippen LogP contribution < -0.4 is 10.6 Å². The lowest BCUT2D eigenvalue weighted by atomic mass is 10.4. The molecule has 1 heterocycles. The predicted molar refractivity (Wildman–Crippen MR) is 25.2 cm³/mol. The molecule has 0 aromatic heterocycles. The second-order valence-corrected chi connectivity index (χ2v) is 1.37. The highest BCUT2D eigenvalue weighted by molar-refractivity contribution is 4.74. The van der Waals surface area contributed by atoms with Crippen molar-refractivity contribution in [2.24, 2.45) is 0 Å².